The van der Waals surface area contributed by atoms with Crippen molar-refractivity contribution in [2.75, 3.05) is 6.61 Å². The number of nitrogens with one attached hydrogen (secondary N) is 1. The molecular weight excluding hydrogens is 528 g/mol. The minimum Gasteiger partial charge on any atom is -0.481 e. The number of nitrogens with zero attached hydrogens (tertiary/aromatic N) is 3. The summed E-state index contributed by atoms with van der Waals surface area (Å²) in [6.45, 7) is 4.54. The number of amides is 1. The summed E-state index contributed by atoms with van der Waals surface area (Å²) in [5, 5.41) is 18.3. The molecule has 2 aliphatic carbocycles. The van der Waals surface area contributed by atoms with Gasteiger partial charge in [-0.2, -0.15) is 5.10 Å². The van der Waals surface area contributed by atoms with E-state index in [1.165, 1.54) is 0 Å². The lowest BCUT2D eigenvalue weighted by Crippen LogP contribution is -2.57. The number of ether oxygens (including phenoxy) is 1. The number of carbonyl (C=O) groups is 2. The Morgan fingerprint density at radius 2 is 1.88 bits per heavy atom. The van der Waals surface area contributed by atoms with Gasteiger partial charge in [-0.25, -0.2) is 4.98 Å². The number of rotatable bonds is 8. The molecule has 40 heavy (non-hydrogen) atoms. The number of hydrogen-bond donors (Lipinski definition) is 2. The normalized spacial score (nSPS) is 22.4. The fourth-order valence-electron chi connectivity index (χ4n) is 6.33. The van der Waals surface area contributed by atoms with Gasteiger partial charge in [-0.3, -0.25) is 14.3 Å². The monoisotopic (exact) mass is 558 g/mol. The summed E-state index contributed by atoms with van der Waals surface area (Å²) in [5.74, 6) is -0.530. The Bertz CT molecular complexity index is 1580. The van der Waals surface area contributed by atoms with E-state index in [2.05, 4.69) is 15.4 Å². The number of benzene rings is 2. The molecule has 0 bridgehead atoms. The van der Waals surface area contributed by atoms with Gasteiger partial charge in [-0.1, -0.05) is 41.9 Å². The predicted octanol–water partition coefficient (Wildman–Crippen LogP) is 6.13. The van der Waals surface area contributed by atoms with Gasteiger partial charge < -0.3 is 15.2 Å². The number of carboxylic acid groups (broad SMARTS) is 1. The maximum absolute atomic E-state index is 13.4. The van der Waals surface area contributed by atoms with E-state index in [9.17, 15) is 14.7 Å². The van der Waals surface area contributed by atoms with Crippen molar-refractivity contribution < 1.29 is 19.4 Å². The highest BCUT2D eigenvalue weighted by Crippen LogP contribution is 2.58. The lowest BCUT2D eigenvalue weighted by Gasteiger charge is -2.56. The summed E-state index contributed by atoms with van der Waals surface area (Å²) in [6, 6.07) is 17.2. The standard InChI is InChI=1S/C31H31ClN4O4/c1-3-40-27-6-4-5-26(35-27)20-9-7-19(8-10-20)18(2)36-28-23(11-12-25(32)24(28)17-33-36)29(37)34-22-15-31(16-22)13-21(14-31)30(38)39/h4-12,17-18,21-22H,3,13-16H2,1-2H3,(H,34,37)(H,38,39). The smallest absolute Gasteiger partial charge is 0.306 e. The summed E-state index contributed by atoms with van der Waals surface area (Å²) in [7, 11) is 0. The quantitative estimate of drug-likeness (QED) is 0.269. The molecule has 6 rings (SSSR count). The number of aliphatic carboxylic acids is 1. The second-order valence-corrected chi connectivity index (χ2v) is 11.5. The van der Waals surface area contributed by atoms with Gasteiger partial charge in [0.1, 0.15) is 0 Å². The van der Waals surface area contributed by atoms with Gasteiger partial charge in [0.15, 0.2) is 0 Å². The van der Waals surface area contributed by atoms with Gasteiger partial charge in [0.25, 0.3) is 5.91 Å². The van der Waals surface area contributed by atoms with Crippen LogP contribution in [0.5, 0.6) is 5.88 Å². The van der Waals surface area contributed by atoms with Crippen LogP contribution in [0.25, 0.3) is 22.2 Å². The van der Waals surface area contributed by atoms with E-state index in [0.717, 1.165) is 35.0 Å². The molecule has 2 aromatic heterocycles. The number of carboxylic acids is 1. The summed E-state index contributed by atoms with van der Waals surface area (Å²) < 4.78 is 7.39. The highest BCUT2D eigenvalue weighted by atomic mass is 35.5. The highest BCUT2D eigenvalue weighted by molar-refractivity contribution is 6.36. The van der Waals surface area contributed by atoms with Crippen LogP contribution in [0, 0.1) is 11.3 Å². The minimum atomic E-state index is -0.717. The molecule has 9 heteroatoms. The van der Waals surface area contributed by atoms with Crippen molar-refractivity contribution in [2.45, 2.75) is 51.6 Å². The van der Waals surface area contributed by atoms with Crippen LogP contribution >= 0.6 is 11.6 Å². The zero-order valence-electron chi connectivity index (χ0n) is 22.4. The molecule has 2 aliphatic rings. The third kappa shape index (κ3) is 4.70. The van der Waals surface area contributed by atoms with Crippen LogP contribution in [-0.4, -0.2) is 44.4 Å². The third-order valence-electron chi connectivity index (χ3n) is 8.42. The SMILES string of the molecule is CCOc1cccc(-c2ccc(C(C)n3ncc4c(Cl)ccc(C(=O)NC5CC6(C5)CC(C(=O)O)C6)c43)cc2)n1. The summed E-state index contributed by atoms with van der Waals surface area (Å²) in [4.78, 5) is 29.2. The molecule has 0 radical (unpaired) electrons. The molecule has 8 nitrogen and oxygen atoms in total. The molecular formula is C31H31ClN4O4. The largest absolute Gasteiger partial charge is 0.481 e. The Hall–Kier alpha value is -3.91. The minimum absolute atomic E-state index is 0.0455. The molecule has 0 saturated heterocycles. The number of aromatic nitrogens is 3. The number of pyridine rings is 1. The average molecular weight is 559 g/mol. The first-order valence-corrected chi connectivity index (χ1v) is 14.0. The number of halogens is 1. The van der Waals surface area contributed by atoms with Crippen molar-refractivity contribution >= 4 is 34.4 Å². The molecule has 206 valence electrons. The van der Waals surface area contributed by atoms with Gasteiger partial charge in [0.2, 0.25) is 5.88 Å². The molecule has 1 amide bonds. The van der Waals surface area contributed by atoms with E-state index in [-0.39, 0.29) is 29.3 Å². The first-order valence-electron chi connectivity index (χ1n) is 13.7. The van der Waals surface area contributed by atoms with E-state index in [1.54, 1.807) is 18.3 Å². The first-order chi connectivity index (χ1) is 19.3. The Morgan fingerprint density at radius 1 is 1.12 bits per heavy atom. The topological polar surface area (TPSA) is 106 Å². The molecule has 0 aliphatic heterocycles. The van der Waals surface area contributed by atoms with Gasteiger partial charge in [-0.05, 0) is 68.7 Å². The summed E-state index contributed by atoms with van der Waals surface area (Å²) >= 11 is 6.52. The first kappa shape index (κ1) is 26.3. The second-order valence-electron chi connectivity index (χ2n) is 11.1. The molecule has 2 saturated carbocycles. The van der Waals surface area contributed by atoms with E-state index >= 15 is 0 Å². The van der Waals surface area contributed by atoms with Gasteiger partial charge >= 0.3 is 5.97 Å². The molecule has 4 aromatic rings. The van der Waals surface area contributed by atoms with Crippen LogP contribution in [0.2, 0.25) is 5.02 Å². The molecule has 2 N–H and O–H groups in total. The number of hydrogen-bond acceptors (Lipinski definition) is 5. The van der Waals surface area contributed by atoms with E-state index in [1.807, 2.05) is 61.0 Å². The Kier molecular flexibility index (Phi) is 6.74. The van der Waals surface area contributed by atoms with Crippen LogP contribution in [0.3, 0.4) is 0 Å². The van der Waals surface area contributed by atoms with Crippen LogP contribution in [0.15, 0.2) is 60.8 Å². The van der Waals surface area contributed by atoms with E-state index in [0.29, 0.717) is 41.4 Å². The predicted molar refractivity (Wildman–Crippen MR) is 153 cm³/mol. The zero-order valence-corrected chi connectivity index (χ0v) is 23.2. The molecule has 1 unspecified atom stereocenters. The average Bonchev–Trinajstić information content (AvgIpc) is 3.35. The van der Waals surface area contributed by atoms with Crippen molar-refractivity contribution in [3.8, 4) is 17.1 Å². The van der Waals surface area contributed by atoms with Gasteiger partial charge in [0.05, 0.1) is 46.6 Å². The lowest BCUT2D eigenvalue weighted by atomic mass is 9.50. The highest BCUT2D eigenvalue weighted by Gasteiger charge is 2.55. The summed E-state index contributed by atoms with van der Waals surface area (Å²) in [5.41, 5.74) is 4.13. The molecule has 2 aromatic carbocycles. The van der Waals surface area contributed by atoms with Crippen LogP contribution in [0.4, 0.5) is 0 Å². The van der Waals surface area contributed by atoms with Crippen molar-refractivity contribution in [1.29, 1.82) is 0 Å². The maximum Gasteiger partial charge on any atom is 0.306 e. The van der Waals surface area contributed by atoms with E-state index in [4.69, 9.17) is 16.3 Å². The van der Waals surface area contributed by atoms with Crippen LogP contribution < -0.4 is 10.1 Å². The molecule has 1 atom stereocenters. The Morgan fingerprint density at radius 3 is 2.58 bits per heavy atom. The molecule has 1 spiro atoms. The van der Waals surface area contributed by atoms with Crippen molar-refractivity contribution in [3.05, 3.63) is 76.9 Å². The van der Waals surface area contributed by atoms with E-state index < -0.39 is 5.97 Å². The second kappa shape index (κ2) is 10.2. The lowest BCUT2D eigenvalue weighted by molar-refractivity contribution is -0.155. The fraction of sp³-hybridized carbons (Fsp3) is 0.355. The van der Waals surface area contributed by atoms with Crippen LogP contribution in [0.1, 0.15) is 61.5 Å². The number of fused-ring (bicyclic) bond motifs is 1. The molecule has 2 heterocycles. The summed E-state index contributed by atoms with van der Waals surface area (Å²) in [6.07, 6.45) is 4.77. The van der Waals surface area contributed by atoms with Gasteiger partial charge in [0, 0.05) is 23.1 Å². The number of carbonyl (C=O) groups excluding carboxylic acids is 1. The zero-order chi connectivity index (χ0) is 28.0. The van der Waals surface area contributed by atoms with Crippen molar-refractivity contribution in [2.24, 2.45) is 11.3 Å². The maximum atomic E-state index is 13.4. The molecule has 2 fully saturated rings. The van der Waals surface area contributed by atoms with Crippen LogP contribution in [-0.2, 0) is 4.79 Å². The van der Waals surface area contributed by atoms with Crippen molar-refractivity contribution in [3.63, 3.8) is 0 Å². The fourth-order valence-corrected chi connectivity index (χ4v) is 6.53. The van der Waals surface area contributed by atoms with Crippen molar-refractivity contribution in [1.82, 2.24) is 20.1 Å². The van der Waals surface area contributed by atoms with Gasteiger partial charge in [-0.15, -0.1) is 0 Å². The Balaban J connectivity index is 1.21. The third-order valence-corrected chi connectivity index (χ3v) is 8.75. The Labute approximate surface area is 237 Å².